The van der Waals surface area contributed by atoms with Gasteiger partial charge in [0.05, 0.1) is 5.75 Å². The second-order valence-corrected chi connectivity index (χ2v) is 7.25. The quantitative estimate of drug-likeness (QED) is 0.615. The first-order valence-electron chi connectivity index (χ1n) is 8.71. The van der Waals surface area contributed by atoms with Gasteiger partial charge in [0.1, 0.15) is 5.52 Å². The van der Waals surface area contributed by atoms with E-state index in [0.717, 1.165) is 30.6 Å². The number of oxazole rings is 1. The minimum absolute atomic E-state index is 0.0361. The lowest BCUT2D eigenvalue weighted by Gasteiger charge is -2.33. The summed E-state index contributed by atoms with van der Waals surface area (Å²) in [5.41, 5.74) is 1.59. The van der Waals surface area contributed by atoms with Crippen LogP contribution in [0.15, 0.2) is 33.9 Å². The van der Waals surface area contributed by atoms with Crippen molar-refractivity contribution in [1.82, 2.24) is 15.2 Å². The number of benzene rings is 1. The van der Waals surface area contributed by atoms with Crippen LogP contribution in [-0.2, 0) is 4.79 Å². The number of nitrogens with one attached hydrogen (secondary N) is 1. The fraction of sp³-hybridized carbons (Fsp3) is 0.556. The van der Waals surface area contributed by atoms with Crippen LogP contribution in [0.1, 0.15) is 32.6 Å². The molecule has 1 aromatic carbocycles. The van der Waals surface area contributed by atoms with Crippen molar-refractivity contribution < 1.29 is 9.21 Å². The molecule has 1 amide bonds. The minimum atomic E-state index is 0.0361. The lowest BCUT2D eigenvalue weighted by Crippen LogP contribution is -2.39. The fourth-order valence-corrected chi connectivity index (χ4v) is 3.76. The second kappa shape index (κ2) is 8.53. The van der Waals surface area contributed by atoms with E-state index >= 15 is 0 Å². The number of piperidine rings is 1. The largest absolute Gasteiger partial charge is 0.431 e. The molecule has 0 aliphatic carbocycles. The average Bonchev–Trinajstić information content (AvgIpc) is 3.01. The Morgan fingerprint density at radius 3 is 3.12 bits per heavy atom. The Kier molecular flexibility index (Phi) is 6.15. The molecule has 130 valence electrons. The molecule has 1 fully saturated rings. The zero-order valence-electron chi connectivity index (χ0n) is 14.2. The van der Waals surface area contributed by atoms with E-state index in [4.69, 9.17) is 4.42 Å². The van der Waals surface area contributed by atoms with Crippen molar-refractivity contribution in [3.8, 4) is 0 Å². The van der Waals surface area contributed by atoms with Gasteiger partial charge < -0.3 is 14.6 Å². The van der Waals surface area contributed by atoms with Crippen LogP contribution in [0.4, 0.5) is 0 Å². The highest BCUT2D eigenvalue weighted by Gasteiger charge is 2.17. The zero-order chi connectivity index (χ0) is 16.8. The van der Waals surface area contributed by atoms with Gasteiger partial charge in [0, 0.05) is 19.1 Å². The third kappa shape index (κ3) is 4.74. The molecule has 1 aliphatic rings. The average molecular weight is 347 g/mol. The highest BCUT2D eigenvalue weighted by Crippen LogP contribution is 2.22. The summed E-state index contributed by atoms with van der Waals surface area (Å²) >= 11 is 1.34. The summed E-state index contributed by atoms with van der Waals surface area (Å²) in [6, 6.07) is 8.32. The van der Waals surface area contributed by atoms with Crippen LogP contribution in [0.2, 0.25) is 0 Å². The van der Waals surface area contributed by atoms with Gasteiger partial charge in [-0.1, -0.05) is 30.3 Å². The van der Waals surface area contributed by atoms with E-state index < -0.39 is 0 Å². The molecule has 0 spiro atoms. The van der Waals surface area contributed by atoms with E-state index in [1.54, 1.807) is 0 Å². The van der Waals surface area contributed by atoms with Crippen LogP contribution in [0.3, 0.4) is 0 Å². The SMILES string of the molecule is C[C@@H]1CCCCN1CCCNC(=O)CSc1nc2ccccc2o1. The third-order valence-electron chi connectivity index (χ3n) is 4.49. The Morgan fingerprint density at radius 2 is 2.29 bits per heavy atom. The maximum Gasteiger partial charge on any atom is 0.257 e. The Balaban J connectivity index is 1.33. The van der Waals surface area contributed by atoms with Gasteiger partial charge in [0.2, 0.25) is 5.91 Å². The van der Waals surface area contributed by atoms with Gasteiger partial charge in [0.25, 0.3) is 5.22 Å². The number of carbonyl (C=O) groups excluding carboxylic acids is 1. The van der Waals surface area contributed by atoms with Crippen molar-refractivity contribution >= 4 is 28.8 Å². The number of carbonyl (C=O) groups is 1. The molecule has 2 aromatic rings. The van der Waals surface area contributed by atoms with Gasteiger partial charge in [0.15, 0.2) is 5.58 Å². The normalized spacial score (nSPS) is 18.8. The predicted octanol–water partition coefficient (Wildman–Crippen LogP) is 3.30. The van der Waals surface area contributed by atoms with Gasteiger partial charge in [-0.15, -0.1) is 0 Å². The lowest BCUT2D eigenvalue weighted by molar-refractivity contribution is -0.118. The van der Waals surface area contributed by atoms with Crippen LogP contribution in [0.5, 0.6) is 0 Å². The summed E-state index contributed by atoms with van der Waals surface area (Å²) < 4.78 is 5.60. The number of aromatic nitrogens is 1. The molecule has 0 unspecified atom stereocenters. The molecule has 0 radical (unpaired) electrons. The maximum atomic E-state index is 11.9. The Bertz CT molecular complexity index is 640. The summed E-state index contributed by atoms with van der Waals surface area (Å²) in [6.45, 7) is 5.30. The predicted molar refractivity (Wildman–Crippen MR) is 97.2 cm³/mol. The molecule has 5 nitrogen and oxygen atoms in total. The lowest BCUT2D eigenvalue weighted by atomic mass is 10.0. The first-order chi connectivity index (χ1) is 11.7. The van der Waals surface area contributed by atoms with Gasteiger partial charge in [-0.05, 0) is 44.9 Å². The molecule has 0 saturated carbocycles. The summed E-state index contributed by atoms with van der Waals surface area (Å²) in [7, 11) is 0. The molecule has 1 atom stereocenters. The number of nitrogens with zero attached hydrogens (tertiary/aromatic N) is 2. The van der Waals surface area contributed by atoms with Gasteiger partial charge >= 0.3 is 0 Å². The molecule has 1 aromatic heterocycles. The van der Waals surface area contributed by atoms with Crippen molar-refractivity contribution in [2.75, 3.05) is 25.4 Å². The van der Waals surface area contributed by atoms with Crippen LogP contribution in [-0.4, -0.2) is 47.2 Å². The minimum Gasteiger partial charge on any atom is -0.431 e. The summed E-state index contributed by atoms with van der Waals surface area (Å²) in [6.07, 6.45) is 4.95. The van der Waals surface area contributed by atoms with Gasteiger partial charge in [-0.2, -0.15) is 0 Å². The van der Waals surface area contributed by atoms with E-state index in [2.05, 4.69) is 22.1 Å². The van der Waals surface area contributed by atoms with E-state index in [0.29, 0.717) is 17.0 Å². The first-order valence-corrected chi connectivity index (χ1v) is 9.70. The van der Waals surface area contributed by atoms with Crippen molar-refractivity contribution in [2.45, 2.75) is 43.9 Å². The Morgan fingerprint density at radius 1 is 1.42 bits per heavy atom. The fourth-order valence-electron chi connectivity index (χ4n) is 3.09. The Hall–Kier alpha value is -1.53. The van der Waals surface area contributed by atoms with E-state index in [1.165, 1.54) is 37.6 Å². The van der Waals surface area contributed by atoms with Crippen molar-refractivity contribution in [3.63, 3.8) is 0 Å². The van der Waals surface area contributed by atoms with Crippen LogP contribution >= 0.6 is 11.8 Å². The highest BCUT2D eigenvalue weighted by atomic mass is 32.2. The molecule has 1 saturated heterocycles. The van der Waals surface area contributed by atoms with Crippen LogP contribution in [0, 0.1) is 0 Å². The van der Waals surface area contributed by atoms with Crippen molar-refractivity contribution in [1.29, 1.82) is 0 Å². The number of likely N-dealkylation sites (tertiary alicyclic amines) is 1. The summed E-state index contributed by atoms with van der Waals surface area (Å²) in [5.74, 6) is 0.376. The molecule has 1 aliphatic heterocycles. The second-order valence-electron chi connectivity index (χ2n) is 6.32. The van der Waals surface area contributed by atoms with E-state index in [1.807, 2.05) is 24.3 Å². The number of rotatable bonds is 7. The molecule has 24 heavy (non-hydrogen) atoms. The summed E-state index contributed by atoms with van der Waals surface area (Å²) in [5, 5.41) is 3.53. The molecule has 1 N–H and O–H groups in total. The zero-order valence-corrected chi connectivity index (χ0v) is 15.0. The molecular weight excluding hydrogens is 322 g/mol. The number of thioether (sulfide) groups is 1. The molecule has 0 bridgehead atoms. The smallest absolute Gasteiger partial charge is 0.257 e. The van der Waals surface area contributed by atoms with Crippen LogP contribution in [0.25, 0.3) is 11.1 Å². The number of fused-ring (bicyclic) bond motifs is 1. The standard InChI is InChI=1S/C18H25N3O2S/c1-14-7-4-5-11-21(14)12-6-10-19-17(22)13-24-18-20-15-8-2-3-9-16(15)23-18/h2-3,8-9,14H,4-7,10-13H2,1H3,(H,19,22)/t14-/m1/s1. The first kappa shape index (κ1) is 17.3. The molecular formula is C18H25N3O2S. The maximum absolute atomic E-state index is 11.9. The molecule has 6 heteroatoms. The highest BCUT2D eigenvalue weighted by molar-refractivity contribution is 7.99. The number of amides is 1. The van der Waals surface area contributed by atoms with E-state index in [-0.39, 0.29) is 5.91 Å². The monoisotopic (exact) mass is 347 g/mol. The van der Waals surface area contributed by atoms with Crippen molar-refractivity contribution in [2.24, 2.45) is 0 Å². The number of para-hydroxylation sites is 2. The number of hydrogen-bond acceptors (Lipinski definition) is 5. The topological polar surface area (TPSA) is 58.4 Å². The van der Waals surface area contributed by atoms with Crippen molar-refractivity contribution in [3.05, 3.63) is 24.3 Å². The van der Waals surface area contributed by atoms with Gasteiger partial charge in [-0.25, -0.2) is 4.98 Å². The number of hydrogen-bond donors (Lipinski definition) is 1. The molecule has 3 rings (SSSR count). The van der Waals surface area contributed by atoms with Gasteiger partial charge in [-0.3, -0.25) is 4.79 Å². The summed E-state index contributed by atoms with van der Waals surface area (Å²) in [4.78, 5) is 18.8. The molecule has 2 heterocycles. The van der Waals surface area contributed by atoms with E-state index in [9.17, 15) is 4.79 Å². The third-order valence-corrected chi connectivity index (χ3v) is 5.31. The Labute approximate surface area is 147 Å². The van der Waals surface area contributed by atoms with Crippen LogP contribution < -0.4 is 5.32 Å².